The molecule has 96 valence electrons. The summed E-state index contributed by atoms with van der Waals surface area (Å²) in [4.78, 5) is 5.48. The first-order chi connectivity index (χ1) is 8.60. The normalized spacial score (nSPS) is 12.7. The fraction of sp³-hybridized carbons (Fsp3) is 0.250. The zero-order valence-electron chi connectivity index (χ0n) is 9.58. The molecule has 1 N–H and O–H groups in total. The molecule has 6 heteroatoms. The molecule has 0 aliphatic carbocycles. The van der Waals surface area contributed by atoms with Gasteiger partial charge in [-0.2, -0.15) is 0 Å². The zero-order chi connectivity index (χ0) is 13.1. The minimum Gasteiger partial charge on any atom is -0.311 e. The summed E-state index contributed by atoms with van der Waals surface area (Å²) in [5, 5.41) is 4.32. The van der Waals surface area contributed by atoms with Crippen LogP contribution in [-0.4, -0.2) is 12.0 Å². The van der Waals surface area contributed by atoms with E-state index < -0.39 is 0 Å². The van der Waals surface area contributed by atoms with E-state index in [1.54, 1.807) is 23.6 Å². The van der Waals surface area contributed by atoms with Crippen molar-refractivity contribution in [1.82, 2.24) is 10.3 Å². The molecule has 2 heterocycles. The van der Waals surface area contributed by atoms with Crippen molar-refractivity contribution in [2.24, 2.45) is 0 Å². The average Bonchev–Trinajstić information content (AvgIpc) is 2.72. The van der Waals surface area contributed by atoms with Crippen molar-refractivity contribution < 1.29 is 0 Å². The predicted molar refractivity (Wildman–Crippen MR) is 79.1 cm³/mol. The van der Waals surface area contributed by atoms with Gasteiger partial charge in [-0.05, 0) is 25.2 Å². The van der Waals surface area contributed by atoms with Crippen molar-refractivity contribution in [3.8, 4) is 0 Å². The summed E-state index contributed by atoms with van der Waals surface area (Å²) in [6.45, 7) is 0. The number of pyridine rings is 1. The van der Waals surface area contributed by atoms with Crippen molar-refractivity contribution >= 4 is 46.1 Å². The van der Waals surface area contributed by atoms with Crippen LogP contribution in [0.4, 0.5) is 0 Å². The first kappa shape index (κ1) is 14.1. The van der Waals surface area contributed by atoms with Crippen molar-refractivity contribution in [2.45, 2.75) is 12.5 Å². The molecule has 0 bridgehead atoms. The molecule has 0 saturated carbocycles. The van der Waals surface area contributed by atoms with Gasteiger partial charge >= 0.3 is 0 Å². The van der Waals surface area contributed by atoms with Gasteiger partial charge in [-0.15, -0.1) is 11.3 Å². The maximum Gasteiger partial charge on any atom is 0.0931 e. The van der Waals surface area contributed by atoms with E-state index in [0.29, 0.717) is 10.0 Å². The van der Waals surface area contributed by atoms with Crippen LogP contribution >= 0.6 is 46.1 Å². The lowest BCUT2D eigenvalue weighted by Gasteiger charge is -2.16. The van der Waals surface area contributed by atoms with Crippen LogP contribution in [0.2, 0.25) is 14.4 Å². The van der Waals surface area contributed by atoms with Crippen molar-refractivity contribution in [1.29, 1.82) is 0 Å². The van der Waals surface area contributed by atoms with E-state index in [2.05, 4.69) is 10.3 Å². The lowest BCUT2D eigenvalue weighted by atomic mass is 10.1. The van der Waals surface area contributed by atoms with Crippen LogP contribution in [0.15, 0.2) is 24.4 Å². The zero-order valence-corrected chi connectivity index (χ0v) is 12.7. The van der Waals surface area contributed by atoms with Crippen LogP contribution in [0.3, 0.4) is 0 Å². The number of nitrogens with one attached hydrogen (secondary N) is 1. The molecule has 2 aromatic heterocycles. The fourth-order valence-corrected chi connectivity index (χ4v) is 3.32. The number of thiophene rings is 1. The molecule has 0 aliphatic rings. The highest BCUT2D eigenvalue weighted by molar-refractivity contribution is 7.16. The molecule has 18 heavy (non-hydrogen) atoms. The monoisotopic (exact) mass is 320 g/mol. The summed E-state index contributed by atoms with van der Waals surface area (Å²) in [5.74, 6) is 0. The van der Waals surface area contributed by atoms with Gasteiger partial charge in [0.25, 0.3) is 0 Å². The molecule has 1 unspecified atom stereocenters. The molecule has 0 spiro atoms. The predicted octanol–water partition coefficient (Wildman–Crippen LogP) is 4.61. The Labute approximate surface area is 125 Å². The highest BCUT2D eigenvalue weighted by atomic mass is 35.5. The number of hydrogen-bond donors (Lipinski definition) is 1. The molecular formula is C12H11Cl3N2S. The average molecular weight is 322 g/mol. The minimum atomic E-state index is 0.0458. The van der Waals surface area contributed by atoms with Gasteiger partial charge in [0.1, 0.15) is 0 Å². The summed E-state index contributed by atoms with van der Waals surface area (Å²) in [6, 6.07) is 5.66. The summed E-state index contributed by atoms with van der Waals surface area (Å²) < 4.78 is 0.787. The fourth-order valence-electron chi connectivity index (χ4n) is 1.68. The molecule has 0 aromatic carbocycles. The Morgan fingerprint density at radius 1 is 1.33 bits per heavy atom. The van der Waals surface area contributed by atoms with E-state index in [-0.39, 0.29) is 6.04 Å². The highest BCUT2D eigenvalue weighted by Crippen LogP contribution is 2.29. The second-order valence-electron chi connectivity index (χ2n) is 3.77. The van der Waals surface area contributed by atoms with Crippen molar-refractivity contribution in [3.63, 3.8) is 0 Å². The topological polar surface area (TPSA) is 24.9 Å². The third-order valence-electron chi connectivity index (χ3n) is 2.55. The summed E-state index contributed by atoms with van der Waals surface area (Å²) >= 11 is 19.5. The Bertz CT molecular complexity index is 542. The summed E-state index contributed by atoms with van der Waals surface area (Å²) in [7, 11) is 1.88. The quantitative estimate of drug-likeness (QED) is 0.889. The number of halogens is 3. The third kappa shape index (κ3) is 3.37. The minimum absolute atomic E-state index is 0.0458. The second-order valence-corrected chi connectivity index (χ2v) is 6.42. The van der Waals surface area contributed by atoms with E-state index in [9.17, 15) is 0 Å². The Hall–Kier alpha value is -0.320. The van der Waals surface area contributed by atoms with Crippen LogP contribution < -0.4 is 5.32 Å². The smallest absolute Gasteiger partial charge is 0.0931 e. The first-order valence-electron chi connectivity index (χ1n) is 5.32. The SMILES string of the molecule is CNC(Cc1ccc(Cl)s1)c1ncc(Cl)cc1Cl. The van der Waals surface area contributed by atoms with Gasteiger partial charge in [-0.25, -0.2) is 0 Å². The highest BCUT2D eigenvalue weighted by Gasteiger charge is 2.16. The van der Waals surface area contributed by atoms with Gasteiger partial charge in [0, 0.05) is 17.5 Å². The van der Waals surface area contributed by atoms with E-state index in [1.165, 1.54) is 4.88 Å². The van der Waals surface area contributed by atoms with Gasteiger partial charge in [0.2, 0.25) is 0 Å². The molecule has 1 atom stereocenters. The van der Waals surface area contributed by atoms with E-state index >= 15 is 0 Å². The molecule has 0 amide bonds. The molecule has 0 radical (unpaired) electrons. The van der Waals surface area contributed by atoms with Gasteiger partial charge < -0.3 is 5.32 Å². The van der Waals surface area contributed by atoms with Crippen LogP contribution in [-0.2, 0) is 6.42 Å². The van der Waals surface area contributed by atoms with Crippen LogP contribution in [0.1, 0.15) is 16.6 Å². The van der Waals surface area contributed by atoms with Gasteiger partial charge in [0.15, 0.2) is 0 Å². The third-order valence-corrected chi connectivity index (χ3v) is 4.31. The maximum absolute atomic E-state index is 6.16. The summed E-state index contributed by atoms with van der Waals surface area (Å²) in [6.07, 6.45) is 2.40. The molecule has 2 aromatic rings. The van der Waals surface area contributed by atoms with Gasteiger partial charge in [-0.3, -0.25) is 4.98 Å². The van der Waals surface area contributed by atoms with E-state index in [1.807, 2.05) is 19.2 Å². The molecule has 2 rings (SSSR count). The number of hydrogen-bond acceptors (Lipinski definition) is 3. The molecule has 0 aliphatic heterocycles. The molecular weight excluding hydrogens is 311 g/mol. The van der Waals surface area contributed by atoms with Crippen LogP contribution in [0.5, 0.6) is 0 Å². The number of nitrogens with zero attached hydrogens (tertiary/aromatic N) is 1. The number of likely N-dealkylation sites (N-methyl/N-ethyl adjacent to an activating group) is 1. The second kappa shape index (κ2) is 6.22. The van der Waals surface area contributed by atoms with E-state index in [0.717, 1.165) is 16.5 Å². The van der Waals surface area contributed by atoms with Crippen molar-refractivity contribution in [2.75, 3.05) is 7.05 Å². The van der Waals surface area contributed by atoms with Crippen LogP contribution in [0, 0.1) is 0 Å². The largest absolute Gasteiger partial charge is 0.311 e. The van der Waals surface area contributed by atoms with Crippen molar-refractivity contribution in [3.05, 3.63) is 49.3 Å². The lowest BCUT2D eigenvalue weighted by Crippen LogP contribution is -2.20. The standard InChI is InChI=1S/C12H11Cl3N2S/c1-16-10(5-8-2-3-11(15)18-8)12-9(14)4-7(13)6-17-12/h2-4,6,10,16H,5H2,1H3. The molecule has 0 fully saturated rings. The maximum atomic E-state index is 6.16. The van der Waals surface area contributed by atoms with E-state index in [4.69, 9.17) is 34.8 Å². The summed E-state index contributed by atoms with van der Waals surface area (Å²) in [5.41, 5.74) is 0.799. The Morgan fingerprint density at radius 3 is 2.67 bits per heavy atom. The number of aromatic nitrogens is 1. The Morgan fingerprint density at radius 2 is 2.11 bits per heavy atom. The number of rotatable bonds is 4. The van der Waals surface area contributed by atoms with Crippen LogP contribution in [0.25, 0.3) is 0 Å². The lowest BCUT2D eigenvalue weighted by molar-refractivity contribution is 0.580. The first-order valence-corrected chi connectivity index (χ1v) is 7.27. The van der Waals surface area contributed by atoms with Gasteiger partial charge in [-0.1, -0.05) is 34.8 Å². The Balaban J connectivity index is 2.22. The van der Waals surface area contributed by atoms with Gasteiger partial charge in [0.05, 0.1) is 26.1 Å². The molecule has 0 saturated heterocycles. The Kier molecular flexibility index (Phi) is 4.87. The molecule has 2 nitrogen and oxygen atoms in total.